The predicted octanol–water partition coefficient (Wildman–Crippen LogP) is 4.18. The molecule has 8 heteroatoms. The van der Waals surface area contributed by atoms with Gasteiger partial charge in [-0.15, -0.1) is 0 Å². The molecule has 7 nitrogen and oxygen atoms in total. The number of benzene rings is 2. The van der Waals surface area contributed by atoms with Crippen molar-refractivity contribution >= 4 is 46.3 Å². The molecule has 0 radical (unpaired) electrons. The normalized spacial score (nSPS) is 10.7. The molecule has 0 aromatic heterocycles. The van der Waals surface area contributed by atoms with Gasteiger partial charge in [-0.05, 0) is 72.2 Å². The molecule has 2 N–H and O–H groups in total. The Labute approximate surface area is 190 Å². The van der Waals surface area contributed by atoms with Gasteiger partial charge in [0.1, 0.15) is 6.42 Å². The number of ether oxygens (including phenoxy) is 2. The number of amides is 2. The molecule has 2 amide bonds. The fourth-order valence-corrected chi connectivity index (χ4v) is 3.45. The zero-order valence-electron chi connectivity index (χ0n) is 17.5. The summed E-state index contributed by atoms with van der Waals surface area (Å²) in [4.78, 5) is 24.1. The highest BCUT2D eigenvalue weighted by atomic mass is 127. The van der Waals surface area contributed by atoms with Crippen molar-refractivity contribution in [1.29, 1.82) is 0 Å². The molecule has 2 aromatic carbocycles. The minimum absolute atomic E-state index is 0.324. The standard InChI is InChI=1S/C22H26IN3O4/c1-5-8-30-22-17(23)10-16(11-19(22)29-4)13-24-26-21(28)12-20(27)25-18-7-6-14(2)9-15(18)3/h6-7,9-11,13H,5,8,12H2,1-4H3,(H,25,27)(H,26,28). The number of hydrazone groups is 1. The number of hydrogen-bond donors (Lipinski definition) is 2. The molecule has 0 bridgehead atoms. The fraction of sp³-hybridized carbons (Fsp3) is 0.318. The number of carbonyl (C=O) groups excluding carboxylic acids is 2. The van der Waals surface area contributed by atoms with E-state index in [1.165, 1.54) is 6.21 Å². The summed E-state index contributed by atoms with van der Waals surface area (Å²) in [6.45, 7) is 6.51. The van der Waals surface area contributed by atoms with Crippen LogP contribution in [0.1, 0.15) is 36.5 Å². The van der Waals surface area contributed by atoms with E-state index in [0.29, 0.717) is 23.8 Å². The van der Waals surface area contributed by atoms with E-state index < -0.39 is 11.8 Å². The van der Waals surface area contributed by atoms with Gasteiger partial charge in [0.15, 0.2) is 11.5 Å². The smallest absolute Gasteiger partial charge is 0.249 e. The molecule has 0 aliphatic carbocycles. The van der Waals surface area contributed by atoms with Crippen LogP contribution in [0.25, 0.3) is 0 Å². The Morgan fingerprint density at radius 3 is 2.60 bits per heavy atom. The van der Waals surface area contributed by atoms with Crippen LogP contribution in [0.5, 0.6) is 11.5 Å². The second kappa shape index (κ2) is 11.5. The molecule has 0 heterocycles. The number of nitrogens with zero attached hydrogens (tertiary/aromatic N) is 1. The van der Waals surface area contributed by atoms with E-state index in [1.807, 2.05) is 45.0 Å². The first kappa shape index (κ1) is 23.7. The average Bonchev–Trinajstić information content (AvgIpc) is 2.69. The van der Waals surface area contributed by atoms with Crippen LogP contribution in [0.15, 0.2) is 35.4 Å². The predicted molar refractivity (Wildman–Crippen MR) is 126 cm³/mol. The molecule has 0 aliphatic rings. The Morgan fingerprint density at radius 1 is 1.17 bits per heavy atom. The second-order valence-corrected chi connectivity index (χ2v) is 7.88. The number of halogens is 1. The van der Waals surface area contributed by atoms with Crippen molar-refractivity contribution in [1.82, 2.24) is 5.43 Å². The first-order valence-corrected chi connectivity index (χ1v) is 10.6. The van der Waals surface area contributed by atoms with Crippen LogP contribution < -0.4 is 20.2 Å². The van der Waals surface area contributed by atoms with Gasteiger partial charge in [-0.1, -0.05) is 24.6 Å². The van der Waals surface area contributed by atoms with E-state index in [0.717, 1.165) is 26.7 Å². The summed E-state index contributed by atoms with van der Waals surface area (Å²) in [7, 11) is 1.57. The van der Waals surface area contributed by atoms with Crippen molar-refractivity contribution in [2.45, 2.75) is 33.6 Å². The topological polar surface area (TPSA) is 89.0 Å². The van der Waals surface area contributed by atoms with E-state index in [2.05, 4.69) is 38.4 Å². The number of nitrogens with one attached hydrogen (secondary N) is 2. The lowest BCUT2D eigenvalue weighted by Gasteiger charge is -2.12. The van der Waals surface area contributed by atoms with Gasteiger partial charge in [0.05, 0.1) is 23.5 Å². The van der Waals surface area contributed by atoms with Crippen molar-refractivity contribution < 1.29 is 19.1 Å². The molecule has 0 saturated heterocycles. The lowest BCUT2D eigenvalue weighted by atomic mass is 10.1. The van der Waals surface area contributed by atoms with Crippen molar-refractivity contribution in [3.05, 3.63) is 50.6 Å². The summed E-state index contributed by atoms with van der Waals surface area (Å²) in [6.07, 6.45) is 2.06. The van der Waals surface area contributed by atoms with Gasteiger partial charge >= 0.3 is 0 Å². The van der Waals surface area contributed by atoms with E-state index in [1.54, 1.807) is 13.2 Å². The second-order valence-electron chi connectivity index (χ2n) is 6.72. The van der Waals surface area contributed by atoms with Crippen LogP contribution in [0.2, 0.25) is 0 Å². The molecular weight excluding hydrogens is 497 g/mol. The van der Waals surface area contributed by atoms with E-state index >= 15 is 0 Å². The summed E-state index contributed by atoms with van der Waals surface area (Å²) in [5, 5.41) is 6.67. The van der Waals surface area contributed by atoms with Gasteiger partial charge in [-0.2, -0.15) is 5.10 Å². The van der Waals surface area contributed by atoms with Gasteiger partial charge in [0.2, 0.25) is 11.8 Å². The number of anilines is 1. The van der Waals surface area contributed by atoms with Crippen LogP contribution in [-0.4, -0.2) is 31.7 Å². The summed E-state index contributed by atoms with van der Waals surface area (Å²) in [6, 6.07) is 9.34. The third kappa shape index (κ3) is 7.01. The highest BCUT2D eigenvalue weighted by molar-refractivity contribution is 14.1. The largest absolute Gasteiger partial charge is 0.493 e. The third-order valence-electron chi connectivity index (χ3n) is 4.08. The Morgan fingerprint density at radius 2 is 1.93 bits per heavy atom. The first-order chi connectivity index (χ1) is 14.3. The lowest BCUT2D eigenvalue weighted by molar-refractivity contribution is -0.126. The number of aryl methyl sites for hydroxylation is 2. The summed E-state index contributed by atoms with van der Waals surface area (Å²) in [5.41, 5.74) is 5.84. The number of rotatable bonds is 9. The van der Waals surface area contributed by atoms with E-state index in [-0.39, 0.29) is 6.42 Å². The Hall–Kier alpha value is -2.62. The van der Waals surface area contributed by atoms with Gasteiger partial charge in [-0.3, -0.25) is 9.59 Å². The Balaban J connectivity index is 1.93. The maximum atomic E-state index is 12.1. The zero-order valence-corrected chi connectivity index (χ0v) is 19.7. The summed E-state index contributed by atoms with van der Waals surface area (Å²) < 4.78 is 12.0. The number of methoxy groups -OCH3 is 1. The molecule has 0 saturated carbocycles. The van der Waals surface area contributed by atoms with E-state index in [4.69, 9.17) is 9.47 Å². The molecule has 0 spiro atoms. The van der Waals surface area contributed by atoms with E-state index in [9.17, 15) is 9.59 Å². The van der Waals surface area contributed by atoms with Crippen molar-refractivity contribution in [3.63, 3.8) is 0 Å². The molecule has 2 rings (SSSR count). The van der Waals surface area contributed by atoms with Crippen LogP contribution >= 0.6 is 22.6 Å². The lowest BCUT2D eigenvalue weighted by Crippen LogP contribution is -2.24. The van der Waals surface area contributed by atoms with Gasteiger partial charge in [0, 0.05) is 5.69 Å². The van der Waals surface area contributed by atoms with Gasteiger partial charge in [0.25, 0.3) is 0 Å². The van der Waals surface area contributed by atoms with Gasteiger partial charge < -0.3 is 14.8 Å². The number of hydrogen-bond acceptors (Lipinski definition) is 5. The molecule has 2 aromatic rings. The zero-order chi connectivity index (χ0) is 22.1. The average molecular weight is 523 g/mol. The maximum absolute atomic E-state index is 12.1. The van der Waals surface area contributed by atoms with Crippen LogP contribution in [0.4, 0.5) is 5.69 Å². The molecule has 160 valence electrons. The SMILES string of the molecule is CCCOc1c(I)cc(C=NNC(=O)CC(=O)Nc2ccc(C)cc2C)cc1OC. The molecule has 0 aliphatic heterocycles. The first-order valence-electron chi connectivity index (χ1n) is 9.53. The van der Waals surface area contributed by atoms with Crippen LogP contribution in [-0.2, 0) is 9.59 Å². The molecule has 0 atom stereocenters. The minimum atomic E-state index is -0.502. The highest BCUT2D eigenvalue weighted by Crippen LogP contribution is 2.33. The van der Waals surface area contributed by atoms with Crippen LogP contribution in [0, 0.1) is 17.4 Å². The van der Waals surface area contributed by atoms with Crippen molar-refractivity contribution in [2.75, 3.05) is 19.0 Å². The third-order valence-corrected chi connectivity index (χ3v) is 4.88. The van der Waals surface area contributed by atoms with Crippen molar-refractivity contribution in [2.24, 2.45) is 5.10 Å². The summed E-state index contributed by atoms with van der Waals surface area (Å²) >= 11 is 2.16. The minimum Gasteiger partial charge on any atom is -0.493 e. The summed E-state index contributed by atoms with van der Waals surface area (Å²) in [5.74, 6) is 0.376. The quantitative estimate of drug-likeness (QED) is 0.223. The molecule has 0 unspecified atom stereocenters. The number of carbonyl (C=O) groups is 2. The Bertz CT molecular complexity index is 944. The van der Waals surface area contributed by atoms with Gasteiger partial charge in [-0.25, -0.2) is 5.43 Å². The maximum Gasteiger partial charge on any atom is 0.249 e. The molecule has 0 fully saturated rings. The highest BCUT2D eigenvalue weighted by Gasteiger charge is 2.12. The van der Waals surface area contributed by atoms with Crippen LogP contribution in [0.3, 0.4) is 0 Å². The molecular formula is C22H26IN3O4. The Kier molecular flexibility index (Phi) is 9.10. The monoisotopic (exact) mass is 523 g/mol. The fourth-order valence-electron chi connectivity index (χ4n) is 2.67. The molecule has 30 heavy (non-hydrogen) atoms. The van der Waals surface area contributed by atoms with Crippen molar-refractivity contribution in [3.8, 4) is 11.5 Å².